The van der Waals surface area contributed by atoms with Gasteiger partial charge >= 0.3 is 0 Å². The Kier molecular flexibility index (Phi) is 8.49. The number of Topliss-reactive ketones (excluding diaryl/α,β-unsaturated/α-hetero) is 1. The molecule has 3 amide bonds. The van der Waals surface area contributed by atoms with Crippen molar-refractivity contribution >= 4 is 29.2 Å². The number of hydrogen-bond donors (Lipinski definition) is 3. The molecule has 10 heteroatoms. The average Bonchev–Trinajstić information content (AvgIpc) is 3.48. The molecule has 10 nitrogen and oxygen atoms in total. The molecule has 0 bridgehead atoms. The third-order valence-electron chi connectivity index (χ3n) is 7.67. The summed E-state index contributed by atoms with van der Waals surface area (Å²) in [6.45, 7) is 9.87. The highest BCUT2D eigenvalue weighted by Gasteiger charge is 2.52. The van der Waals surface area contributed by atoms with Crippen molar-refractivity contribution in [3.05, 3.63) is 29.8 Å². The van der Waals surface area contributed by atoms with Gasteiger partial charge in [0, 0.05) is 44.0 Å². The Labute approximate surface area is 218 Å². The van der Waals surface area contributed by atoms with Crippen LogP contribution in [0.4, 0.5) is 5.69 Å². The average molecular weight is 513 g/mol. The fraction of sp³-hybridized carbons (Fsp3) is 0.630. The lowest BCUT2D eigenvalue weighted by molar-refractivity contribution is -0.138. The Morgan fingerprint density at radius 1 is 1.05 bits per heavy atom. The molecule has 0 spiro atoms. The Bertz CT molecular complexity index is 1010. The molecule has 3 fully saturated rings. The van der Waals surface area contributed by atoms with Crippen molar-refractivity contribution in [2.75, 3.05) is 44.2 Å². The first-order valence-corrected chi connectivity index (χ1v) is 13.5. The van der Waals surface area contributed by atoms with Gasteiger partial charge in [-0.2, -0.15) is 0 Å². The van der Waals surface area contributed by atoms with E-state index in [1.165, 1.54) is 0 Å². The number of benzene rings is 1. The molecule has 0 aromatic heterocycles. The van der Waals surface area contributed by atoms with Crippen molar-refractivity contribution in [2.24, 2.45) is 11.7 Å². The zero-order valence-corrected chi connectivity index (χ0v) is 22.1. The third-order valence-corrected chi connectivity index (χ3v) is 7.67. The second kappa shape index (κ2) is 11.6. The van der Waals surface area contributed by atoms with Crippen molar-refractivity contribution in [3.8, 4) is 0 Å². The number of hydrogen-bond acceptors (Lipinski definition) is 7. The van der Waals surface area contributed by atoms with Gasteiger partial charge in [-0.15, -0.1) is 0 Å². The second-order valence-electron chi connectivity index (χ2n) is 10.7. The van der Waals surface area contributed by atoms with Crippen molar-refractivity contribution in [2.45, 2.75) is 64.2 Å². The van der Waals surface area contributed by atoms with Gasteiger partial charge in [0.1, 0.15) is 12.1 Å². The van der Waals surface area contributed by atoms with Crippen LogP contribution in [-0.4, -0.2) is 96.7 Å². The van der Waals surface area contributed by atoms with E-state index in [2.05, 4.69) is 15.5 Å². The van der Waals surface area contributed by atoms with Crippen LogP contribution in [0, 0.1) is 5.92 Å². The maximum atomic E-state index is 13.7. The predicted molar refractivity (Wildman–Crippen MR) is 141 cm³/mol. The molecule has 4 N–H and O–H groups in total. The number of ketones is 1. The first kappa shape index (κ1) is 27.1. The highest BCUT2D eigenvalue weighted by molar-refractivity contribution is 6.01. The van der Waals surface area contributed by atoms with Crippen molar-refractivity contribution in [1.82, 2.24) is 20.4 Å². The van der Waals surface area contributed by atoms with E-state index in [0.29, 0.717) is 31.4 Å². The summed E-state index contributed by atoms with van der Waals surface area (Å²) in [4.78, 5) is 57.9. The molecule has 1 aromatic rings. The third kappa shape index (κ3) is 5.80. The quantitative estimate of drug-likeness (QED) is 0.459. The lowest BCUT2D eigenvalue weighted by Crippen LogP contribution is -2.53. The van der Waals surface area contributed by atoms with Crippen molar-refractivity contribution < 1.29 is 19.2 Å². The molecule has 37 heavy (non-hydrogen) atoms. The fourth-order valence-corrected chi connectivity index (χ4v) is 5.63. The van der Waals surface area contributed by atoms with Gasteiger partial charge in [0.05, 0.1) is 18.6 Å². The van der Waals surface area contributed by atoms with E-state index < -0.39 is 18.1 Å². The van der Waals surface area contributed by atoms with Crippen LogP contribution < -0.4 is 21.3 Å². The molecule has 4 rings (SSSR count). The normalized spacial score (nSPS) is 23.3. The number of carbonyl (C=O) groups is 4. The van der Waals surface area contributed by atoms with Crippen LogP contribution in [-0.2, 0) is 14.4 Å². The Morgan fingerprint density at radius 2 is 1.73 bits per heavy atom. The van der Waals surface area contributed by atoms with Gasteiger partial charge in [0.15, 0.2) is 5.78 Å². The molecule has 4 unspecified atom stereocenters. The molecular formula is C27H40N6O4. The molecular weight excluding hydrogens is 472 g/mol. The van der Waals surface area contributed by atoms with Crippen LogP contribution in [0.5, 0.6) is 0 Å². The monoisotopic (exact) mass is 512 g/mol. The van der Waals surface area contributed by atoms with E-state index in [1.807, 2.05) is 32.9 Å². The molecule has 3 aliphatic rings. The van der Waals surface area contributed by atoms with E-state index in [0.717, 1.165) is 31.9 Å². The number of nitrogens with two attached hydrogens (primary N) is 1. The summed E-state index contributed by atoms with van der Waals surface area (Å²) >= 11 is 0. The summed E-state index contributed by atoms with van der Waals surface area (Å²) < 4.78 is 0. The Balaban J connectivity index is 1.45. The van der Waals surface area contributed by atoms with Crippen molar-refractivity contribution in [1.29, 1.82) is 0 Å². The number of piperazine rings is 1. The van der Waals surface area contributed by atoms with E-state index in [-0.39, 0.29) is 42.0 Å². The second-order valence-corrected chi connectivity index (χ2v) is 10.7. The van der Waals surface area contributed by atoms with Gasteiger partial charge in [-0.05, 0) is 49.4 Å². The Hall–Kier alpha value is -2.98. The lowest BCUT2D eigenvalue weighted by Gasteiger charge is -2.30. The highest BCUT2D eigenvalue weighted by Crippen LogP contribution is 2.31. The van der Waals surface area contributed by atoms with Crippen LogP contribution in [0.15, 0.2) is 24.3 Å². The number of likely N-dealkylation sites (tertiary alicyclic amines) is 2. The summed E-state index contributed by atoms with van der Waals surface area (Å²) in [5, 5.41) is 6.26. The maximum Gasteiger partial charge on any atom is 0.251 e. The van der Waals surface area contributed by atoms with Crippen LogP contribution in [0.3, 0.4) is 0 Å². The summed E-state index contributed by atoms with van der Waals surface area (Å²) in [7, 11) is 0. The number of nitrogens with zero attached hydrogens (tertiary/aromatic N) is 3. The molecule has 0 saturated carbocycles. The molecule has 3 saturated heterocycles. The topological polar surface area (TPSA) is 128 Å². The number of anilines is 1. The van der Waals surface area contributed by atoms with Crippen LogP contribution >= 0.6 is 0 Å². The van der Waals surface area contributed by atoms with Crippen LogP contribution in [0.25, 0.3) is 0 Å². The number of fused-ring (bicyclic) bond motifs is 1. The van der Waals surface area contributed by atoms with Crippen LogP contribution in [0.2, 0.25) is 0 Å². The van der Waals surface area contributed by atoms with Crippen molar-refractivity contribution in [3.63, 3.8) is 0 Å². The smallest absolute Gasteiger partial charge is 0.251 e. The molecule has 3 heterocycles. The molecule has 1 aromatic carbocycles. The van der Waals surface area contributed by atoms with Crippen LogP contribution in [0.1, 0.15) is 50.4 Å². The summed E-state index contributed by atoms with van der Waals surface area (Å²) in [6.07, 6.45) is 1.47. The SMILES string of the molecule is CCC(N)C(=O)N1CC(=O)C2C1CCN2C(=O)C(CC(C)C)NC(=O)c1ccc(N2CCNCC2)cc1. The first-order valence-electron chi connectivity index (χ1n) is 13.5. The summed E-state index contributed by atoms with van der Waals surface area (Å²) in [5.41, 5.74) is 7.50. The fourth-order valence-electron chi connectivity index (χ4n) is 5.63. The lowest BCUT2D eigenvalue weighted by atomic mass is 10.0. The van der Waals surface area contributed by atoms with E-state index in [4.69, 9.17) is 5.73 Å². The standard InChI is InChI=1S/C27H40N6O4/c1-4-20(28)26(36)33-16-23(34)24-22(33)9-12-32(24)27(37)21(15-17(2)3)30-25(35)18-5-7-19(8-6-18)31-13-10-29-11-14-31/h5-8,17,20-22,24,29H,4,9-16,28H2,1-3H3,(H,30,35). The van der Waals surface area contributed by atoms with Gasteiger partial charge in [-0.25, -0.2) is 0 Å². The number of rotatable bonds is 8. The molecule has 4 atom stereocenters. The molecule has 0 aliphatic carbocycles. The maximum absolute atomic E-state index is 13.7. The molecule has 0 radical (unpaired) electrons. The largest absolute Gasteiger partial charge is 0.369 e. The zero-order chi connectivity index (χ0) is 26.7. The van der Waals surface area contributed by atoms with E-state index in [1.54, 1.807) is 21.9 Å². The minimum Gasteiger partial charge on any atom is -0.369 e. The first-order chi connectivity index (χ1) is 17.7. The van der Waals surface area contributed by atoms with Gasteiger partial charge in [0.25, 0.3) is 5.91 Å². The molecule has 3 aliphatic heterocycles. The number of nitrogens with one attached hydrogen (secondary N) is 2. The number of amides is 3. The Morgan fingerprint density at radius 3 is 2.35 bits per heavy atom. The minimum atomic E-state index is -0.755. The van der Waals surface area contributed by atoms with Gasteiger partial charge in [-0.1, -0.05) is 20.8 Å². The van der Waals surface area contributed by atoms with E-state index in [9.17, 15) is 19.2 Å². The highest BCUT2D eigenvalue weighted by atomic mass is 16.2. The van der Waals surface area contributed by atoms with Gasteiger partial charge < -0.3 is 31.1 Å². The molecule has 202 valence electrons. The minimum absolute atomic E-state index is 0.0215. The number of carbonyl (C=O) groups excluding carboxylic acids is 4. The van der Waals surface area contributed by atoms with Gasteiger partial charge in [-0.3, -0.25) is 19.2 Å². The van der Waals surface area contributed by atoms with Gasteiger partial charge in [0.2, 0.25) is 11.8 Å². The summed E-state index contributed by atoms with van der Waals surface area (Å²) in [6, 6.07) is 5.02. The predicted octanol–water partition coefficient (Wildman–Crippen LogP) is 0.359. The zero-order valence-electron chi connectivity index (χ0n) is 22.1. The van der Waals surface area contributed by atoms with E-state index >= 15 is 0 Å². The summed E-state index contributed by atoms with van der Waals surface area (Å²) in [5.74, 6) is -0.818.